The molecule has 3 heteroatoms. The van der Waals surface area contributed by atoms with E-state index in [4.69, 9.17) is 9.47 Å². The van der Waals surface area contributed by atoms with Crippen molar-refractivity contribution in [1.29, 1.82) is 0 Å². The summed E-state index contributed by atoms with van der Waals surface area (Å²) in [5, 5.41) is 1.90. The van der Waals surface area contributed by atoms with Crippen molar-refractivity contribution in [1.82, 2.24) is 0 Å². The fourth-order valence-corrected chi connectivity index (χ4v) is 3.94. The van der Waals surface area contributed by atoms with Crippen molar-refractivity contribution >= 4 is 16.7 Å². The number of carbonyl (C=O) groups is 1. The highest BCUT2D eigenvalue weighted by Crippen LogP contribution is 2.29. The average molecular weight is 413 g/mol. The third-order valence-electron chi connectivity index (χ3n) is 5.71. The summed E-state index contributed by atoms with van der Waals surface area (Å²) in [6, 6.07) is 11.7. The molecule has 0 bridgehead atoms. The largest absolute Gasteiger partial charge is 0.493 e. The van der Waals surface area contributed by atoms with Gasteiger partial charge in [0.1, 0.15) is 11.3 Å². The molecule has 166 valence electrons. The molecule has 0 spiro atoms. The average Bonchev–Trinajstić information content (AvgIpc) is 2.75. The molecule has 0 amide bonds. The van der Waals surface area contributed by atoms with Crippen LogP contribution in [0.5, 0.6) is 5.75 Å². The summed E-state index contributed by atoms with van der Waals surface area (Å²) < 4.78 is 11.0. The molecule has 0 heterocycles. The van der Waals surface area contributed by atoms with Crippen LogP contribution in [0.15, 0.2) is 36.4 Å². The minimum Gasteiger partial charge on any atom is -0.493 e. The van der Waals surface area contributed by atoms with E-state index in [9.17, 15) is 4.79 Å². The van der Waals surface area contributed by atoms with Gasteiger partial charge in [0.2, 0.25) is 0 Å². The van der Waals surface area contributed by atoms with Crippen LogP contribution in [-0.2, 0) is 4.74 Å². The second-order valence-electron chi connectivity index (χ2n) is 8.72. The molecule has 0 radical (unpaired) electrons. The molecule has 0 aliphatic rings. The number of fused-ring (bicyclic) bond motifs is 1. The molecule has 0 aliphatic carbocycles. The third-order valence-corrected chi connectivity index (χ3v) is 5.71. The number of rotatable bonds is 15. The number of ether oxygens (including phenoxy) is 2. The smallest absolute Gasteiger partial charge is 0.342 e. The molecule has 3 nitrogen and oxygen atoms in total. The van der Waals surface area contributed by atoms with Gasteiger partial charge in [-0.05, 0) is 29.2 Å². The molecule has 0 atom stereocenters. The topological polar surface area (TPSA) is 35.5 Å². The fraction of sp³-hybridized carbons (Fsp3) is 0.593. The number of esters is 1. The van der Waals surface area contributed by atoms with Gasteiger partial charge >= 0.3 is 5.97 Å². The summed E-state index contributed by atoms with van der Waals surface area (Å²) >= 11 is 0. The molecule has 2 aromatic rings. The molecule has 0 N–H and O–H groups in total. The number of hydrogen-bond donors (Lipinski definition) is 0. The van der Waals surface area contributed by atoms with Crippen LogP contribution >= 0.6 is 0 Å². The van der Waals surface area contributed by atoms with Gasteiger partial charge in [0.05, 0.1) is 13.7 Å². The first-order valence-corrected chi connectivity index (χ1v) is 11.9. The van der Waals surface area contributed by atoms with E-state index in [0.29, 0.717) is 17.9 Å². The van der Waals surface area contributed by atoms with Crippen molar-refractivity contribution in [3.05, 3.63) is 42.0 Å². The monoisotopic (exact) mass is 412 g/mol. The third kappa shape index (κ3) is 8.38. The Bertz CT molecular complexity index is 751. The zero-order chi connectivity index (χ0) is 21.6. The zero-order valence-electron chi connectivity index (χ0n) is 19.3. The van der Waals surface area contributed by atoms with Gasteiger partial charge in [-0.3, -0.25) is 0 Å². The van der Waals surface area contributed by atoms with Crippen LogP contribution in [0.2, 0.25) is 0 Å². The van der Waals surface area contributed by atoms with Gasteiger partial charge in [0.25, 0.3) is 0 Å². The SMILES string of the molecule is COC(=O)c1c(OCCCCCCCCCCCCC(C)C)ccc2ccccc12. The second-order valence-corrected chi connectivity index (χ2v) is 8.72. The van der Waals surface area contributed by atoms with E-state index in [2.05, 4.69) is 13.8 Å². The quantitative estimate of drug-likeness (QED) is 0.220. The lowest BCUT2D eigenvalue weighted by Gasteiger charge is -2.13. The summed E-state index contributed by atoms with van der Waals surface area (Å²) in [5.41, 5.74) is 0.531. The highest BCUT2D eigenvalue weighted by Gasteiger charge is 2.17. The van der Waals surface area contributed by atoms with Crippen molar-refractivity contribution in [2.24, 2.45) is 5.92 Å². The summed E-state index contributed by atoms with van der Waals surface area (Å²) in [5.74, 6) is 1.13. The Balaban J connectivity index is 1.61. The molecule has 0 saturated heterocycles. The number of hydrogen-bond acceptors (Lipinski definition) is 3. The highest BCUT2D eigenvalue weighted by molar-refractivity contribution is 6.07. The predicted molar refractivity (Wildman–Crippen MR) is 126 cm³/mol. The van der Waals surface area contributed by atoms with Gasteiger partial charge in [-0.15, -0.1) is 0 Å². The van der Waals surface area contributed by atoms with Gasteiger partial charge in [-0.1, -0.05) is 108 Å². The van der Waals surface area contributed by atoms with Crippen LogP contribution in [-0.4, -0.2) is 19.7 Å². The van der Waals surface area contributed by atoms with Gasteiger partial charge in [0, 0.05) is 0 Å². The van der Waals surface area contributed by atoms with Gasteiger partial charge in [-0.25, -0.2) is 4.79 Å². The molecule has 2 rings (SSSR count). The van der Waals surface area contributed by atoms with Crippen LogP contribution in [0.3, 0.4) is 0 Å². The Morgan fingerprint density at radius 1 is 0.800 bits per heavy atom. The molecule has 30 heavy (non-hydrogen) atoms. The van der Waals surface area contributed by atoms with Crippen LogP contribution in [0.1, 0.15) is 94.8 Å². The molecule has 0 fully saturated rings. The fourth-order valence-electron chi connectivity index (χ4n) is 3.94. The summed E-state index contributed by atoms with van der Waals surface area (Å²) in [6.45, 7) is 5.26. The second kappa shape index (κ2) is 14.1. The van der Waals surface area contributed by atoms with E-state index in [-0.39, 0.29) is 5.97 Å². The van der Waals surface area contributed by atoms with E-state index in [1.807, 2.05) is 36.4 Å². The van der Waals surface area contributed by atoms with E-state index in [1.165, 1.54) is 71.3 Å². The van der Waals surface area contributed by atoms with E-state index in [1.54, 1.807) is 0 Å². The molecule has 0 aliphatic heterocycles. The maximum absolute atomic E-state index is 12.3. The van der Waals surface area contributed by atoms with Crippen LogP contribution in [0.25, 0.3) is 10.8 Å². The van der Waals surface area contributed by atoms with Gasteiger partial charge < -0.3 is 9.47 Å². The Morgan fingerprint density at radius 2 is 1.40 bits per heavy atom. The van der Waals surface area contributed by atoms with Crippen molar-refractivity contribution in [3.8, 4) is 5.75 Å². The van der Waals surface area contributed by atoms with E-state index >= 15 is 0 Å². The van der Waals surface area contributed by atoms with Crippen molar-refractivity contribution in [2.45, 2.75) is 84.5 Å². The molecule has 0 saturated carbocycles. The Labute approximate surface area is 183 Å². The van der Waals surface area contributed by atoms with Crippen molar-refractivity contribution in [3.63, 3.8) is 0 Å². The highest BCUT2D eigenvalue weighted by atomic mass is 16.5. The number of unbranched alkanes of at least 4 members (excludes halogenated alkanes) is 9. The van der Waals surface area contributed by atoms with Crippen LogP contribution < -0.4 is 4.74 Å². The summed E-state index contributed by atoms with van der Waals surface area (Å²) in [7, 11) is 1.42. The minimum atomic E-state index is -0.342. The number of methoxy groups -OCH3 is 1. The molecule has 0 unspecified atom stereocenters. The van der Waals surface area contributed by atoms with E-state index in [0.717, 1.165) is 23.1 Å². The lowest BCUT2D eigenvalue weighted by Crippen LogP contribution is -2.07. The lowest BCUT2D eigenvalue weighted by atomic mass is 10.0. The Kier molecular flexibility index (Phi) is 11.4. The normalized spacial score (nSPS) is 11.2. The molecule has 2 aromatic carbocycles. The number of carbonyl (C=O) groups excluding carboxylic acids is 1. The summed E-state index contributed by atoms with van der Waals surface area (Å²) in [4.78, 5) is 12.3. The molecular weight excluding hydrogens is 372 g/mol. The molecular formula is C27H40O3. The maximum atomic E-state index is 12.3. The number of benzene rings is 2. The first-order chi connectivity index (χ1) is 14.6. The zero-order valence-corrected chi connectivity index (χ0v) is 19.3. The van der Waals surface area contributed by atoms with Crippen LogP contribution in [0.4, 0.5) is 0 Å². The van der Waals surface area contributed by atoms with Crippen LogP contribution in [0, 0.1) is 5.92 Å². The first-order valence-electron chi connectivity index (χ1n) is 11.9. The predicted octanol–water partition coefficient (Wildman–Crippen LogP) is 7.95. The Hall–Kier alpha value is -2.03. The van der Waals surface area contributed by atoms with Crippen molar-refractivity contribution in [2.75, 3.05) is 13.7 Å². The van der Waals surface area contributed by atoms with Gasteiger partial charge in [-0.2, -0.15) is 0 Å². The first kappa shape index (κ1) is 24.2. The van der Waals surface area contributed by atoms with Crippen molar-refractivity contribution < 1.29 is 14.3 Å². The standard InChI is InChI=1S/C27H40O3/c1-22(2)16-12-10-8-6-4-5-7-9-11-15-21-30-25-20-19-23-17-13-14-18-24(23)26(25)27(28)29-3/h13-14,17-20,22H,4-12,15-16,21H2,1-3H3. The summed E-state index contributed by atoms with van der Waals surface area (Å²) in [6.07, 6.45) is 14.5. The molecule has 0 aromatic heterocycles. The van der Waals surface area contributed by atoms with E-state index < -0.39 is 0 Å². The Morgan fingerprint density at radius 3 is 2.03 bits per heavy atom. The minimum absolute atomic E-state index is 0.342. The maximum Gasteiger partial charge on any atom is 0.342 e. The lowest BCUT2D eigenvalue weighted by molar-refractivity contribution is 0.0598. The van der Waals surface area contributed by atoms with Gasteiger partial charge in [0.15, 0.2) is 0 Å².